The lowest BCUT2D eigenvalue weighted by Gasteiger charge is -2.22. The third-order valence-electron chi connectivity index (χ3n) is 6.12. The first-order chi connectivity index (χ1) is 14.5. The summed E-state index contributed by atoms with van der Waals surface area (Å²) in [5.41, 5.74) is 5.19. The molecule has 5 nitrogen and oxygen atoms in total. The van der Waals surface area contributed by atoms with Gasteiger partial charge in [-0.3, -0.25) is 4.79 Å². The topological polar surface area (TPSA) is 84.2 Å². The van der Waals surface area contributed by atoms with E-state index in [1.54, 1.807) is 0 Å². The van der Waals surface area contributed by atoms with E-state index in [-0.39, 0.29) is 11.8 Å². The highest BCUT2D eigenvalue weighted by molar-refractivity contribution is 5.86. The molecule has 0 aliphatic carbocycles. The average molecular weight is 426 g/mol. The summed E-state index contributed by atoms with van der Waals surface area (Å²) < 4.78 is 0. The zero-order chi connectivity index (χ0) is 22.5. The summed E-state index contributed by atoms with van der Waals surface area (Å²) >= 11 is 0. The molecular weight excluding hydrogens is 374 g/mol. The van der Waals surface area contributed by atoms with E-state index < -0.39 is 12.1 Å². The molecule has 0 aromatic heterocycles. The smallest absolute Gasteiger partial charge is 0.312 e. The molecule has 4 N–H and O–H groups in total. The van der Waals surface area contributed by atoms with Gasteiger partial charge in [-0.2, -0.15) is 0 Å². The molecule has 0 radical (unpaired) electrons. The summed E-state index contributed by atoms with van der Waals surface area (Å²) in [5.74, 6) is -0.0487. The first-order valence-electron chi connectivity index (χ1n) is 12.9. The summed E-state index contributed by atoms with van der Waals surface area (Å²) in [6.45, 7) is 6.90. The van der Waals surface area contributed by atoms with E-state index in [1.807, 2.05) is 13.8 Å². The first-order valence-corrected chi connectivity index (χ1v) is 12.9. The van der Waals surface area contributed by atoms with Crippen LogP contribution in [0.25, 0.3) is 0 Å². The number of carbonyl (C=O) groups is 2. The Bertz CT molecular complexity index is 415. The van der Waals surface area contributed by atoms with Gasteiger partial charge in [-0.25, -0.2) is 4.79 Å². The highest BCUT2D eigenvalue weighted by Gasteiger charge is 2.24. The highest BCUT2D eigenvalue weighted by atomic mass is 16.2. The number of hydrogen-bond donors (Lipinski definition) is 3. The van der Waals surface area contributed by atoms with Gasteiger partial charge in [0.2, 0.25) is 5.91 Å². The zero-order valence-corrected chi connectivity index (χ0v) is 20.3. The quantitative estimate of drug-likeness (QED) is 0.185. The van der Waals surface area contributed by atoms with Gasteiger partial charge in [-0.05, 0) is 12.3 Å². The SMILES string of the molecule is CCCCCCCCCCCCCCCCCCNC(=O)[C@@H](NC(N)=O)[C@@H](C)CC. The summed E-state index contributed by atoms with van der Waals surface area (Å²) in [5, 5.41) is 5.51. The molecule has 0 bridgehead atoms. The zero-order valence-electron chi connectivity index (χ0n) is 20.3. The monoisotopic (exact) mass is 425 g/mol. The molecule has 0 unspecified atom stereocenters. The van der Waals surface area contributed by atoms with Gasteiger partial charge in [-0.1, -0.05) is 124 Å². The number of nitrogens with one attached hydrogen (secondary N) is 2. The maximum absolute atomic E-state index is 12.3. The van der Waals surface area contributed by atoms with Crippen molar-refractivity contribution in [1.82, 2.24) is 10.6 Å². The lowest BCUT2D eigenvalue weighted by atomic mass is 9.98. The third kappa shape index (κ3) is 17.6. The number of nitrogens with two attached hydrogens (primary N) is 1. The largest absolute Gasteiger partial charge is 0.354 e. The van der Waals surface area contributed by atoms with E-state index in [2.05, 4.69) is 17.6 Å². The van der Waals surface area contributed by atoms with Crippen LogP contribution in [-0.2, 0) is 4.79 Å². The second kappa shape index (κ2) is 21.0. The van der Waals surface area contributed by atoms with Gasteiger partial charge in [0.1, 0.15) is 6.04 Å². The van der Waals surface area contributed by atoms with Crippen LogP contribution in [0, 0.1) is 5.92 Å². The van der Waals surface area contributed by atoms with Crippen molar-refractivity contribution in [3.8, 4) is 0 Å². The summed E-state index contributed by atoms with van der Waals surface area (Å²) in [7, 11) is 0. The van der Waals surface area contributed by atoms with Crippen molar-refractivity contribution in [2.45, 2.75) is 136 Å². The Labute approximate surface area is 186 Å². The number of amides is 3. The minimum Gasteiger partial charge on any atom is -0.354 e. The Hall–Kier alpha value is -1.26. The van der Waals surface area contributed by atoms with E-state index in [9.17, 15) is 9.59 Å². The molecule has 0 heterocycles. The summed E-state index contributed by atoms with van der Waals surface area (Å²) in [6.07, 6.45) is 22.3. The molecule has 0 aromatic rings. The maximum atomic E-state index is 12.3. The molecule has 0 aromatic carbocycles. The predicted octanol–water partition coefficient (Wildman–Crippen LogP) is 6.45. The van der Waals surface area contributed by atoms with Crippen LogP contribution in [0.15, 0.2) is 0 Å². The fourth-order valence-corrected chi connectivity index (χ4v) is 3.85. The normalized spacial score (nSPS) is 13.0. The average Bonchev–Trinajstić information content (AvgIpc) is 2.73. The van der Waals surface area contributed by atoms with Crippen LogP contribution in [0.3, 0.4) is 0 Å². The van der Waals surface area contributed by atoms with Gasteiger partial charge in [0.25, 0.3) is 0 Å². The number of urea groups is 1. The van der Waals surface area contributed by atoms with Gasteiger partial charge in [0.05, 0.1) is 0 Å². The second-order valence-corrected chi connectivity index (χ2v) is 8.97. The van der Waals surface area contributed by atoms with Crippen molar-refractivity contribution in [3.63, 3.8) is 0 Å². The van der Waals surface area contributed by atoms with E-state index in [0.29, 0.717) is 6.54 Å². The molecule has 2 atom stereocenters. The Morgan fingerprint density at radius 2 is 1.10 bits per heavy atom. The Morgan fingerprint density at radius 1 is 0.700 bits per heavy atom. The fraction of sp³-hybridized carbons (Fsp3) is 0.920. The van der Waals surface area contributed by atoms with Crippen LogP contribution >= 0.6 is 0 Å². The Morgan fingerprint density at radius 3 is 1.47 bits per heavy atom. The van der Waals surface area contributed by atoms with Gasteiger partial charge < -0.3 is 16.4 Å². The lowest BCUT2D eigenvalue weighted by Crippen LogP contribution is -2.51. The number of unbranched alkanes of at least 4 members (excludes halogenated alkanes) is 15. The molecule has 0 saturated carbocycles. The molecule has 0 fully saturated rings. The molecule has 3 amide bonds. The Balaban J connectivity index is 3.45. The minimum atomic E-state index is -0.641. The molecule has 0 saturated heterocycles. The van der Waals surface area contributed by atoms with Gasteiger partial charge in [0.15, 0.2) is 0 Å². The van der Waals surface area contributed by atoms with Crippen LogP contribution in [0.1, 0.15) is 130 Å². The number of carbonyl (C=O) groups excluding carboxylic acids is 2. The third-order valence-corrected chi connectivity index (χ3v) is 6.12. The summed E-state index contributed by atoms with van der Waals surface area (Å²) in [6, 6.07) is -1.17. The van der Waals surface area contributed by atoms with E-state index in [1.165, 1.54) is 89.9 Å². The van der Waals surface area contributed by atoms with Gasteiger partial charge in [0, 0.05) is 6.54 Å². The lowest BCUT2D eigenvalue weighted by molar-refractivity contribution is -0.124. The molecular formula is C25H51N3O2. The van der Waals surface area contributed by atoms with Crippen molar-refractivity contribution in [3.05, 3.63) is 0 Å². The first kappa shape index (κ1) is 28.7. The van der Waals surface area contributed by atoms with Crippen LogP contribution in [0.2, 0.25) is 0 Å². The van der Waals surface area contributed by atoms with Crippen molar-refractivity contribution < 1.29 is 9.59 Å². The van der Waals surface area contributed by atoms with Crippen molar-refractivity contribution in [2.24, 2.45) is 11.7 Å². The maximum Gasteiger partial charge on any atom is 0.312 e. The van der Waals surface area contributed by atoms with Crippen LogP contribution < -0.4 is 16.4 Å². The van der Waals surface area contributed by atoms with E-state index >= 15 is 0 Å². The molecule has 30 heavy (non-hydrogen) atoms. The summed E-state index contributed by atoms with van der Waals surface area (Å²) in [4.78, 5) is 23.4. The predicted molar refractivity (Wildman–Crippen MR) is 129 cm³/mol. The standard InChI is InChI=1S/C25H51N3O2/c1-4-6-7-8-9-10-11-12-13-14-15-16-17-18-19-20-21-27-24(29)23(22(3)5-2)28-25(26)30/h22-23H,4-21H2,1-3H3,(H,27,29)(H3,26,28,30)/t22-,23-/m0/s1. The van der Waals surface area contributed by atoms with Crippen molar-refractivity contribution in [1.29, 1.82) is 0 Å². The van der Waals surface area contributed by atoms with Crippen LogP contribution in [0.4, 0.5) is 4.79 Å². The molecule has 5 heteroatoms. The number of rotatable bonds is 21. The molecule has 0 rings (SSSR count). The molecule has 0 aliphatic heterocycles. The van der Waals surface area contributed by atoms with Crippen LogP contribution in [0.5, 0.6) is 0 Å². The van der Waals surface area contributed by atoms with Gasteiger partial charge in [-0.15, -0.1) is 0 Å². The van der Waals surface area contributed by atoms with Crippen molar-refractivity contribution in [2.75, 3.05) is 6.54 Å². The number of primary amides is 1. The van der Waals surface area contributed by atoms with E-state index in [0.717, 1.165) is 19.3 Å². The molecule has 0 spiro atoms. The molecule has 178 valence electrons. The second-order valence-electron chi connectivity index (χ2n) is 8.97. The van der Waals surface area contributed by atoms with E-state index in [4.69, 9.17) is 5.73 Å². The highest BCUT2D eigenvalue weighted by Crippen LogP contribution is 2.13. The molecule has 0 aliphatic rings. The fourth-order valence-electron chi connectivity index (χ4n) is 3.85. The minimum absolute atomic E-state index is 0.0725. The van der Waals surface area contributed by atoms with Crippen LogP contribution in [-0.4, -0.2) is 24.5 Å². The van der Waals surface area contributed by atoms with Crippen molar-refractivity contribution >= 4 is 11.9 Å². The number of hydrogen-bond acceptors (Lipinski definition) is 2. The van der Waals surface area contributed by atoms with Gasteiger partial charge >= 0.3 is 6.03 Å². The Kier molecular flexibility index (Phi) is 20.1.